The molecule has 0 aromatic heterocycles. The molecule has 0 heterocycles. The van der Waals surface area contributed by atoms with Crippen LogP contribution in [0.4, 0.5) is 5.69 Å². The molecule has 20 heavy (non-hydrogen) atoms. The highest BCUT2D eigenvalue weighted by Gasteiger charge is 2.15. The zero-order valence-electron chi connectivity index (χ0n) is 12.1. The summed E-state index contributed by atoms with van der Waals surface area (Å²) in [6, 6.07) is 7.27. The van der Waals surface area contributed by atoms with Crippen LogP contribution in [0.5, 0.6) is 0 Å². The Morgan fingerprint density at radius 2 is 2.00 bits per heavy atom. The van der Waals surface area contributed by atoms with Crippen molar-refractivity contribution in [2.75, 3.05) is 18.8 Å². The number of hydrogen-bond acceptors (Lipinski definition) is 3. The van der Waals surface area contributed by atoms with Crippen molar-refractivity contribution in [2.24, 2.45) is 0 Å². The van der Waals surface area contributed by atoms with Crippen molar-refractivity contribution in [2.45, 2.75) is 32.6 Å². The summed E-state index contributed by atoms with van der Waals surface area (Å²) in [4.78, 5) is 23.4. The number of nitrogen functional groups attached to an aromatic ring is 1. The maximum Gasteiger partial charge on any atom is 0.227 e. The molecule has 1 aromatic rings. The van der Waals surface area contributed by atoms with E-state index in [4.69, 9.17) is 5.73 Å². The van der Waals surface area contributed by atoms with Crippen LogP contribution in [0.2, 0.25) is 0 Å². The molecule has 4 N–H and O–H groups in total. The Labute approximate surface area is 119 Å². The van der Waals surface area contributed by atoms with Crippen LogP contribution < -0.4 is 16.4 Å². The van der Waals surface area contributed by atoms with Crippen molar-refractivity contribution in [1.29, 1.82) is 0 Å². The van der Waals surface area contributed by atoms with E-state index in [2.05, 4.69) is 10.6 Å². The molecule has 0 saturated heterocycles. The average molecular weight is 277 g/mol. The van der Waals surface area contributed by atoms with Crippen LogP contribution in [-0.2, 0) is 9.59 Å². The van der Waals surface area contributed by atoms with E-state index in [9.17, 15) is 9.59 Å². The fourth-order valence-electron chi connectivity index (χ4n) is 1.78. The standard InChI is InChI=1S/C15H23N3O2/c1-3-8-17-14(19)7-9-18-15(20)11(2)12-5-4-6-13(16)10-12/h4-6,10-11H,3,7-9,16H2,1-2H3,(H,17,19)(H,18,20). The largest absolute Gasteiger partial charge is 0.399 e. The molecule has 0 saturated carbocycles. The number of amides is 2. The molecular weight excluding hydrogens is 254 g/mol. The lowest BCUT2D eigenvalue weighted by Crippen LogP contribution is -2.33. The average Bonchev–Trinajstić information content (AvgIpc) is 2.44. The second-order valence-electron chi connectivity index (χ2n) is 4.78. The quantitative estimate of drug-likeness (QED) is 0.659. The van der Waals surface area contributed by atoms with E-state index in [-0.39, 0.29) is 17.7 Å². The number of rotatable bonds is 7. The molecule has 0 radical (unpaired) electrons. The van der Waals surface area contributed by atoms with Gasteiger partial charge in [0.05, 0.1) is 5.92 Å². The highest BCUT2D eigenvalue weighted by Crippen LogP contribution is 2.17. The minimum absolute atomic E-state index is 0.0382. The van der Waals surface area contributed by atoms with Crippen molar-refractivity contribution in [3.63, 3.8) is 0 Å². The van der Waals surface area contributed by atoms with E-state index in [1.165, 1.54) is 0 Å². The van der Waals surface area contributed by atoms with Gasteiger partial charge in [-0.25, -0.2) is 0 Å². The predicted octanol–water partition coefficient (Wildman–Crippen LogP) is 1.40. The first-order valence-electron chi connectivity index (χ1n) is 6.94. The van der Waals surface area contributed by atoms with E-state index in [0.717, 1.165) is 12.0 Å². The number of anilines is 1. The van der Waals surface area contributed by atoms with Gasteiger partial charge < -0.3 is 16.4 Å². The molecule has 1 aromatic carbocycles. The molecule has 5 heteroatoms. The van der Waals surface area contributed by atoms with Crippen LogP contribution in [0.3, 0.4) is 0 Å². The summed E-state index contributed by atoms with van der Waals surface area (Å²) in [6.45, 7) is 4.84. The maximum atomic E-state index is 12.0. The third kappa shape index (κ3) is 5.30. The Kier molecular flexibility index (Phi) is 6.56. The molecule has 1 atom stereocenters. The molecule has 110 valence electrons. The van der Waals surface area contributed by atoms with Gasteiger partial charge >= 0.3 is 0 Å². The lowest BCUT2D eigenvalue weighted by molar-refractivity contribution is -0.123. The first-order valence-corrected chi connectivity index (χ1v) is 6.94. The van der Waals surface area contributed by atoms with Gasteiger partial charge in [-0.15, -0.1) is 0 Å². The van der Waals surface area contributed by atoms with Gasteiger partial charge in [-0.3, -0.25) is 9.59 Å². The van der Waals surface area contributed by atoms with Crippen LogP contribution in [0.15, 0.2) is 24.3 Å². The summed E-state index contributed by atoms with van der Waals surface area (Å²) < 4.78 is 0. The molecule has 0 bridgehead atoms. The van der Waals surface area contributed by atoms with Gasteiger partial charge in [-0.2, -0.15) is 0 Å². The normalized spacial score (nSPS) is 11.7. The second kappa shape index (κ2) is 8.19. The summed E-state index contributed by atoms with van der Waals surface area (Å²) >= 11 is 0. The Morgan fingerprint density at radius 1 is 1.25 bits per heavy atom. The second-order valence-corrected chi connectivity index (χ2v) is 4.78. The van der Waals surface area contributed by atoms with Crippen LogP contribution in [0.25, 0.3) is 0 Å². The molecule has 1 rings (SSSR count). The summed E-state index contributed by atoms with van der Waals surface area (Å²) in [5.74, 6) is -0.417. The fraction of sp³-hybridized carbons (Fsp3) is 0.467. The minimum atomic E-state index is -0.280. The van der Waals surface area contributed by atoms with Gasteiger partial charge in [0, 0.05) is 25.2 Å². The smallest absolute Gasteiger partial charge is 0.227 e. The van der Waals surface area contributed by atoms with E-state index in [1.807, 2.05) is 26.0 Å². The predicted molar refractivity (Wildman–Crippen MR) is 80.2 cm³/mol. The van der Waals surface area contributed by atoms with Gasteiger partial charge in [0.15, 0.2) is 0 Å². The SMILES string of the molecule is CCCNC(=O)CCNC(=O)C(C)c1cccc(N)c1. The summed E-state index contributed by atoms with van der Waals surface area (Å²) in [5, 5.41) is 5.53. The van der Waals surface area contributed by atoms with Crippen molar-refractivity contribution >= 4 is 17.5 Å². The van der Waals surface area contributed by atoms with Crippen LogP contribution in [-0.4, -0.2) is 24.9 Å². The molecule has 0 fully saturated rings. The van der Waals surface area contributed by atoms with Crippen LogP contribution >= 0.6 is 0 Å². The monoisotopic (exact) mass is 277 g/mol. The molecule has 1 unspecified atom stereocenters. The van der Waals surface area contributed by atoms with Gasteiger partial charge in [0.25, 0.3) is 0 Å². The Balaban J connectivity index is 2.37. The topological polar surface area (TPSA) is 84.2 Å². The Bertz CT molecular complexity index is 460. The van der Waals surface area contributed by atoms with Crippen molar-refractivity contribution in [3.8, 4) is 0 Å². The van der Waals surface area contributed by atoms with E-state index < -0.39 is 0 Å². The molecule has 2 amide bonds. The molecule has 0 aliphatic rings. The fourth-order valence-corrected chi connectivity index (χ4v) is 1.78. The number of nitrogens with one attached hydrogen (secondary N) is 2. The van der Waals surface area contributed by atoms with Crippen molar-refractivity contribution in [3.05, 3.63) is 29.8 Å². The highest BCUT2D eigenvalue weighted by molar-refractivity contribution is 5.84. The summed E-state index contributed by atoms with van der Waals surface area (Å²) in [7, 11) is 0. The lowest BCUT2D eigenvalue weighted by Gasteiger charge is -2.13. The van der Waals surface area contributed by atoms with E-state index in [0.29, 0.717) is 25.2 Å². The molecule has 0 aliphatic heterocycles. The van der Waals surface area contributed by atoms with Crippen molar-refractivity contribution < 1.29 is 9.59 Å². The summed E-state index contributed by atoms with van der Waals surface area (Å²) in [6.07, 6.45) is 1.21. The molecule has 0 spiro atoms. The first-order chi connectivity index (χ1) is 9.54. The number of carbonyl (C=O) groups is 2. The van der Waals surface area contributed by atoms with Crippen LogP contribution in [0, 0.1) is 0 Å². The van der Waals surface area contributed by atoms with Gasteiger partial charge in [-0.1, -0.05) is 19.1 Å². The Hall–Kier alpha value is -2.04. The van der Waals surface area contributed by atoms with Crippen molar-refractivity contribution in [1.82, 2.24) is 10.6 Å². The van der Waals surface area contributed by atoms with E-state index in [1.54, 1.807) is 12.1 Å². The third-order valence-electron chi connectivity index (χ3n) is 3.03. The number of hydrogen-bond donors (Lipinski definition) is 3. The molecule has 5 nitrogen and oxygen atoms in total. The third-order valence-corrected chi connectivity index (χ3v) is 3.03. The van der Waals surface area contributed by atoms with Gasteiger partial charge in [0.1, 0.15) is 0 Å². The Morgan fingerprint density at radius 3 is 2.65 bits per heavy atom. The molecule has 0 aliphatic carbocycles. The zero-order chi connectivity index (χ0) is 15.0. The maximum absolute atomic E-state index is 12.0. The highest BCUT2D eigenvalue weighted by atomic mass is 16.2. The van der Waals surface area contributed by atoms with Gasteiger partial charge in [-0.05, 0) is 31.0 Å². The van der Waals surface area contributed by atoms with Gasteiger partial charge in [0.2, 0.25) is 11.8 Å². The summed E-state index contributed by atoms with van der Waals surface area (Å²) in [5.41, 5.74) is 7.21. The van der Waals surface area contributed by atoms with E-state index >= 15 is 0 Å². The van der Waals surface area contributed by atoms with Crippen LogP contribution in [0.1, 0.15) is 38.2 Å². The number of carbonyl (C=O) groups excluding carboxylic acids is 2. The number of benzene rings is 1. The first kappa shape index (κ1) is 16.0. The lowest BCUT2D eigenvalue weighted by atomic mass is 10.00. The zero-order valence-corrected chi connectivity index (χ0v) is 12.1. The minimum Gasteiger partial charge on any atom is -0.399 e. The number of nitrogens with two attached hydrogens (primary N) is 1. The molecular formula is C15H23N3O2.